The van der Waals surface area contributed by atoms with Crippen LogP contribution in [0.4, 0.5) is 0 Å². The second-order valence-electron chi connectivity index (χ2n) is 5.88. The number of rotatable bonds is 4. The fourth-order valence-electron chi connectivity index (χ4n) is 3.04. The van der Waals surface area contributed by atoms with Crippen LogP contribution in [0.2, 0.25) is 0 Å². The average Bonchev–Trinajstić information content (AvgIpc) is 2.94. The van der Waals surface area contributed by atoms with E-state index >= 15 is 0 Å². The Hall–Kier alpha value is 0.310. The van der Waals surface area contributed by atoms with E-state index in [0.717, 1.165) is 17.9 Å². The van der Waals surface area contributed by atoms with E-state index < -0.39 is 0 Å². The zero-order valence-electron chi connectivity index (χ0n) is 10.4. The van der Waals surface area contributed by atoms with Crippen LogP contribution in [0.15, 0.2) is 0 Å². The third-order valence-corrected chi connectivity index (χ3v) is 5.55. The van der Waals surface area contributed by atoms with Gasteiger partial charge in [0.1, 0.15) is 0 Å². The first kappa shape index (κ1) is 11.8. The van der Waals surface area contributed by atoms with Gasteiger partial charge in [-0.25, -0.2) is 0 Å². The molecule has 2 unspecified atom stereocenters. The van der Waals surface area contributed by atoms with Crippen molar-refractivity contribution < 1.29 is 0 Å². The maximum atomic E-state index is 3.82. The molecule has 0 saturated heterocycles. The highest BCUT2D eigenvalue weighted by Crippen LogP contribution is 2.46. The van der Waals surface area contributed by atoms with Gasteiger partial charge in [-0.2, -0.15) is 11.8 Å². The monoisotopic (exact) mass is 227 g/mol. The molecule has 2 aliphatic carbocycles. The molecule has 1 nitrogen and oxygen atoms in total. The highest BCUT2D eigenvalue weighted by molar-refractivity contribution is 8.00. The number of nitrogens with one attached hydrogen (secondary N) is 1. The van der Waals surface area contributed by atoms with E-state index in [1.54, 1.807) is 0 Å². The normalized spacial score (nSPS) is 39.0. The minimum absolute atomic E-state index is 0.629. The summed E-state index contributed by atoms with van der Waals surface area (Å²) in [5.74, 6) is 1.85. The van der Waals surface area contributed by atoms with E-state index in [2.05, 4.69) is 37.2 Å². The Labute approximate surface area is 98.8 Å². The summed E-state index contributed by atoms with van der Waals surface area (Å²) in [5.41, 5.74) is 0. The van der Waals surface area contributed by atoms with Crippen LogP contribution in [0.5, 0.6) is 0 Å². The molecular formula is C13H25NS. The van der Waals surface area contributed by atoms with Crippen LogP contribution < -0.4 is 5.32 Å². The minimum Gasteiger partial charge on any atom is -0.313 e. The van der Waals surface area contributed by atoms with Gasteiger partial charge >= 0.3 is 0 Å². The molecule has 2 fully saturated rings. The molecule has 0 bridgehead atoms. The molecule has 2 heteroatoms. The Morgan fingerprint density at radius 3 is 2.20 bits per heavy atom. The summed E-state index contributed by atoms with van der Waals surface area (Å²) in [6, 6.07) is 0.799. The lowest BCUT2D eigenvalue weighted by molar-refractivity contribution is 0.239. The topological polar surface area (TPSA) is 12.0 Å². The molecule has 0 amide bonds. The Morgan fingerprint density at radius 1 is 1.13 bits per heavy atom. The maximum absolute atomic E-state index is 3.82. The van der Waals surface area contributed by atoms with Crippen molar-refractivity contribution in [1.29, 1.82) is 0 Å². The molecule has 0 aromatic rings. The van der Waals surface area contributed by atoms with Gasteiger partial charge in [-0.1, -0.05) is 13.8 Å². The van der Waals surface area contributed by atoms with Gasteiger partial charge in [0.2, 0.25) is 0 Å². The second-order valence-corrected chi connectivity index (χ2v) is 7.16. The van der Waals surface area contributed by atoms with Crippen molar-refractivity contribution in [3.05, 3.63) is 0 Å². The molecule has 0 aliphatic heterocycles. The van der Waals surface area contributed by atoms with Crippen LogP contribution >= 0.6 is 11.8 Å². The molecule has 2 atom stereocenters. The smallest absolute Gasteiger partial charge is 0.0282 e. The third kappa shape index (κ3) is 3.13. The van der Waals surface area contributed by atoms with Gasteiger partial charge in [-0.15, -0.1) is 0 Å². The summed E-state index contributed by atoms with van der Waals surface area (Å²) in [6.07, 6.45) is 9.36. The number of hydrogen-bond donors (Lipinski definition) is 1. The van der Waals surface area contributed by atoms with Crippen molar-refractivity contribution in [2.45, 2.75) is 56.7 Å². The van der Waals surface area contributed by atoms with Crippen LogP contribution in [0.3, 0.4) is 0 Å². The zero-order valence-corrected chi connectivity index (χ0v) is 11.2. The van der Waals surface area contributed by atoms with Crippen molar-refractivity contribution in [3.8, 4) is 0 Å². The van der Waals surface area contributed by atoms with Crippen LogP contribution in [0.25, 0.3) is 0 Å². The Morgan fingerprint density at radius 2 is 1.73 bits per heavy atom. The van der Waals surface area contributed by atoms with Gasteiger partial charge in [-0.3, -0.25) is 0 Å². The standard InChI is InChI=1S/C13H25NS/c1-10-6-11(2)8-12(7-10)14-9-13(15-3)4-5-13/h10-12,14H,4-9H2,1-3H3. The lowest BCUT2D eigenvalue weighted by Gasteiger charge is -2.33. The largest absolute Gasteiger partial charge is 0.313 e. The summed E-state index contributed by atoms with van der Waals surface area (Å²) >= 11 is 2.07. The molecule has 88 valence electrons. The third-order valence-electron chi connectivity index (χ3n) is 4.13. The minimum atomic E-state index is 0.629. The zero-order chi connectivity index (χ0) is 10.9. The van der Waals surface area contributed by atoms with Crippen LogP contribution in [-0.4, -0.2) is 23.6 Å². The van der Waals surface area contributed by atoms with Crippen LogP contribution in [-0.2, 0) is 0 Å². The van der Waals surface area contributed by atoms with E-state index in [1.165, 1.54) is 38.6 Å². The highest BCUT2D eigenvalue weighted by Gasteiger charge is 2.42. The first-order valence-electron chi connectivity index (χ1n) is 6.42. The molecule has 0 aromatic heterocycles. The van der Waals surface area contributed by atoms with Gasteiger partial charge in [0.25, 0.3) is 0 Å². The van der Waals surface area contributed by atoms with Gasteiger partial charge in [0.05, 0.1) is 0 Å². The van der Waals surface area contributed by atoms with Gasteiger partial charge < -0.3 is 5.32 Å². The maximum Gasteiger partial charge on any atom is 0.0282 e. The summed E-state index contributed by atoms with van der Waals surface area (Å²) in [4.78, 5) is 0. The summed E-state index contributed by atoms with van der Waals surface area (Å²) < 4.78 is 0.629. The van der Waals surface area contributed by atoms with Crippen molar-refractivity contribution >= 4 is 11.8 Å². The molecular weight excluding hydrogens is 202 g/mol. The van der Waals surface area contributed by atoms with Crippen LogP contribution in [0.1, 0.15) is 46.0 Å². The molecule has 0 heterocycles. The van der Waals surface area contributed by atoms with E-state index in [9.17, 15) is 0 Å². The van der Waals surface area contributed by atoms with E-state index in [1.807, 2.05) is 0 Å². The molecule has 0 aromatic carbocycles. The van der Waals surface area contributed by atoms with E-state index in [-0.39, 0.29) is 0 Å². The second kappa shape index (κ2) is 4.67. The lowest BCUT2D eigenvalue weighted by Crippen LogP contribution is -2.40. The fourth-order valence-corrected chi connectivity index (χ4v) is 3.77. The number of thioether (sulfide) groups is 1. The Bertz CT molecular complexity index is 203. The molecule has 2 saturated carbocycles. The summed E-state index contributed by atoms with van der Waals surface area (Å²) in [5, 5.41) is 3.82. The summed E-state index contributed by atoms with van der Waals surface area (Å²) in [6.45, 7) is 6.07. The van der Waals surface area contributed by atoms with Crippen molar-refractivity contribution in [1.82, 2.24) is 5.32 Å². The molecule has 1 N–H and O–H groups in total. The first-order chi connectivity index (χ1) is 7.13. The van der Waals surface area contributed by atoms with Gasteiger partial charge in [0, 0.05) is 17.3 Å². The molecule has 0 spiro atoms. The predicted molar refractivity (Wildman–Crippen MR) is 69.4 cm³/mol. The SMILES string of the molecule is CSC1(CNC2CC(C)CC(C)C2)CC1. The molecule has 2 rings (SSSR count). The predicted octanol–water partition coefficient (Wildman–Crippen LogP) is 3.30. The Balaban J connectivity index is 1.74. The molecule has 0 radical (unpaired) electrons. The number of hydrogen-bond acceptors (Lipinski definition) is 2. The van der Waals surface area contributed by atoms with E-state index in [0.29, 0.717) is 4.75 Å². The van der Waals surface area contributed by atoms with E-state index in [4.69, 9.17) is 0 Å². The lowest BCUT2D eigenvalue weighted by atomic mass is 9.80. The Kier molecular flexibility index (Phi) is 3.67. The molecule has 15 heavy (non-hydrogen) atoms. The highest BCUT2D eigenvalue weighted by atomic mass is 32.2. The first-order valence-corrected chi connectivity index (χ1v) is 7.64. The average molecular weight is 227 g/mol. The van der Waals surface area contributed by atoms with Crippen LogP contribution in [0, 0.1) is 11.8 Å². The fraction of sp³-hybridized carbons (Fsp3) is 1.00. The summed E-state index contributed by atoms with van der Waals surface area (Å²) in [7, 11) is 0. The van der Waals surface area contributed by atoms with Gasteiger partial charge in [0.15, 0.2) is 0 Å². The molecule has 2 aliphatic rings. The van der Waals surface area contributed by atoms with Crippen molar-refractivity contribution in [2.24, 2.45) is 11.8 Å². The van der Waals surface area contributed by atoms with Gasteiger partial charge in [-0.05, 0) is 50.2 Å². The van der Waals surface area contributed by atoms with Crippen molar-refractivity contribution in [3.63, 3.8) is 0 Å². The van der Waals surface area contributed by atoms with Crippen molar-refractivity contribution in [2.75, 3.05) is 12.8 Å². The quantitative estimate of drug-likeness (QED) is 0.791.